The van der Waals surface area contributed by atoms with Crippen LogP contribution in [0.3, 0.4) is 0 Å². The number of aromatic nitrogens is 1. The molecule has 1 saturated carbocycles. The Kier molecular flexibility index (Phi) is 4.86. The molecule has 1 aromatic carbocycles. The number of aliphatic hydroxyl groups excluding tert-OH is 1. The molecule has 23 heavy (non-hydrogen) atoms. The number of aliphatic hydroxyl groups is 1. The van der Waals surface area contributed by atoms with E-state index < -0.39 is 0 Å². The fourth-order valence-electron chi connectivity index (χ4n) is 2.99. The monoisotopic (exact) mass is 316 g/mol. The van der Waals surface area contributed by atoms with Gasteiger partial charge in [0.15, 0.2) is 0 Å². The van der Waals surface area contributed by atoms with Gasteiger partial charge < -0.3 is 19.7 Å². The average molecular weight is 316 g/mol. The molecule has 0 spiro atoms. The highest BCUT2D eigenvalue weighted by Gasteiger charge is 2.24. The van der Waals surface area contributed by atoms with Crippen molar-refractivity contribution in [1.82, 2.24) is 5.16 Å². The lowest BCUT2D eigenvalue weighted by Gasteiger charge is -2.28. The molecule has 2 unspecified atom stereocenters. The number of hydrogen-bond donors (Lipinski definition) is 2. The maximum Gasteiger partial charge on any atom is 0.138 e. The Labute approximate surface area is 136 Å². The number of aryl methyl sites for hydroxylation is 2. The zero-order chi connectivity index (χ0) is 16.2. The molecule has 3 rings (SSSR count). The van der Waals surface area contributed by atoms with Crippen LogP contribution in [0.5, 0.6) is 5.75 Å². The van der Waals surface area contributed by atoms with E-state index >= 15 is 0 Å². The number of nitrogens with zero attached hydrogens (tertiary/aromatic N) is 1. The van der Waals surface area contributed by atoms with E-state index in [2.05, 4.69) is 10.5 Å². The van der Waals surface area contributed by atoms with Gasteiger partial charge in [0, 0.05) is 17.8 Å². The van der Waals surface area contributed by atoms with Crippen molar-refractivity contribution >= 4 is 5.69 Å². The Hall–Kier alpha value is -2.01. The number of nitrogens with one attached hydrogen (secondary N) is 1. The lowest BCUT2D eigenvalue weighted by atomic mass is 9.95. The summed E-state index contributed by atoms with van der Waals surface area (Å²) in [6.45, 7) is 4.55. The normalized spacial score (nSPS) is 21.2. The summed E-state index contributed by atoms with van der Waals surface area (Å²) in [7, 11) is 0. The van der Waals surface area contributed by atoms with Gasteiger partial charge in [-0.15, -0.1) is 0 Å². The Balaban J connectivity index is 1.56. The molecule has 2 atom stereocenters. The third-order valence-corrected chi connectivity index (χ3v) is 4.46. The smallest absolute Gasteiger partial charge is 0.138 e. The maximum absolute atomic E-state index is 9.97. The Morgan fingerprint density at radius 1 is 1.22 bits per heavy atom. The Morgan fingerprint density at radius 2 is 1.96 bits per heavy atom. The van der Waals surface area contributed by atoms with Crippen molar-refractivity contribution in [1.29, 1.82) is 0 Å². The van der Waals surface area contributed by atoms with Crippen LogP contribution in [-0.4, -0.2) is 22.5 Å². The zero-order valence-corrected chi connectivity index (χ0v) is 13.7. The first-order valence-corrected chi connectivity index (χ1v) is 8.24. The summed E-state index contributed by atoms with van der Waals surface area (Å²) in [4.78, 5) is 0. The maximum atomic E-state index is 9.97. The topological polar surface area (TPSA) is 67.5 Å². The van der Waals surface area contributed by atoms with Gasteiger partial charge in [0.05, 0.1) is 11.8 Å². The molecule has 2 N–H and O–H groups in total. The molecular formula is C18H24N2O3. The van der Waals surface area contributed by atoms with E-state index in [1.165, 1.54) is 0 Å². The number of hydrogen-bond acceptors (Lipinski definition) is 5. The summed E-state index contributed by atoms with van der Waals surface area (Å²) < 4.78 is 11.1. The quantitative estimate of drug-likeness (QED) is 0.882. The van der Waals surface area contributed by atoms with E-state index in [0.29, 0.717) is 6.54 Å². The molecule has 0 amide bonds. The largest absolute Gasteiger partial charge is 0.488 e. The van der Waals surface area contributed by atoms with Gasteiger partial charge >= 0.3 is 0 Å². The van der Waals surface area contributed by atoms with Crippen LogP contribution < -0.4 is 10.1 Å². The Bertz CT molecular complexity index is 617. The fraction of sp³-hybridized carbons (Fsp3) is 0.500. The molecule has 0 radical (unpaired) electrons. The van der Waals surface area contributed by atoms with E-state index in [0.717, 1.165) is 54.1 Å². The number of ether oxygens (including phenoxy) is 1. The van der Waals surface area contributed by atoms with Crippen molar-refractivity contribution < 1.29 is 14.4 Å². The van der Waals surface area contributed by atoms with Crippen molar-refractivity contribution in [3.8, 4) is 5.75 Å². The third-order valence-electron chi connectivity index (χ3n) is 4.46. The van der Waals surface area contributed by atoms with Crippen LogP contribution in [0, 0.1) is 13.8 Å². The molecule has 2 aromatic rings. The minimum Gasteiger partial charge on any atom is -0.488 e. The van der Waals surface area contributed by atoms with E-state index in [-0.39, 0.29) is 12.2 Å². The molecule has 1 aliphatic rings. The van der Waals surface area contributed by atoms with Gasteiger partial charge in [-0.25, -0.2) is 0 Å². The molecule has 1 fully saturated rings. The minimum absolute atomic E-state index is 0.0788. The van der Waals surface area contributed by atoms with Crippen LogP contribution in [0.1, 0.15) is 42.7 Å². The molecule has 1 heterocycles. The second-order valence-corrected chi connectivity index (χ2v) is 6.19. The van der Waals surface area contributed by atoms with Gasteiger partial charge in [-0.05, 0) is 57.4 Å². The van der Waals surface area contributed by atoms with Gasteiger partial charge in [0.25, 0.3) is 0 Å². The average Bonchev–Trinajstić information content (AvgIpc) is 2.88. The molecule has 0 bridgehead atoms. The van der Waals surface area contributed by atoms with Crippen LogP contribution in [0.2, 0.25) is 0 Å². The molecule has 5 nitrogen and oxygen atoms in total. The summed E-state index contributed by atoms with van der Waals surface area (Å²) in [5, 5.41) is 17.3. The van der Waals surface area contributed by atoms with Crippen LogP contribution in [0.15, 0.2) is 28.8 Å². The van der Waals surface area contributed by atoms with Crippen molar-refractivity contribution in [3.05, 3.63) is 41.3 Å². The predicted octanol–water partition coefficient (Wildman–Crippen LogP) is 3.59. The lowest BCUT2D eigenvalue weighted by Crippen LogP contribution is -2.34. The number of benzene rings is 1. The second-order valence-electron chi connectivity index (χ2n) is 6.19. The molecule has 0 aliphatic heterocycles. The van der Waals surface area contributed by atoms with Crippen LogP contribution in [0.4, 0.5) is 5.69 Å². The standard InChI is InChI=1S/C18H24N2O3/c1-12-16(13(2)23-20-12)11-19-14-7-9-15(10-8-14)22-18-6-4-3-5-17(18)21/h7-10,17-19,21H,3-6,11H2,1-2H3. The van der Waals surface area contributed by atoms with Gasteiger partial charge in [-0.3, -0.25) is 0 Å². The first kappa shape index (κ1) is 15.9. The van der Waals surface area contributed by atoms with Gasteiger partial charge in [0.2, 0.25) is 0 Å². The SMILES string of the molecule is Cc1noc(C)c1CNc1ccc(OC2CCCCC2O)cc1. The second kappa shape index (κ2) is 7.04. The van der Waals surface area contributed by atoms with Crippen molar-refractivity contribution in [2.45, 2.75) is 58.3 Å². The zero-order valence-electron chi connectivity index (χ0n) is 13.7. The summed E-state index contributed by atoms with van der Waals surface area (Å²) in [5.74, 6) is 1.65. The van der Waals surface area contributed by atoms with Crippen LogP contribution in [0.25, 0.3) is 0 Å². The summed E-state index contributed by atoms with van der Waals surface area (Å²) in [6.07, 6.45) is 3.55. The van der Waals surface area contributed by atoms with Gasteiger partial charge in [-0.2, -0.15) is 0 Å². The van der Waals surface area contributed by atoms with E-state index in [4.69, 9.17) is 9.26 Å². The summed E-state index contributed by atoms with van der Waals surface area (Å²) in [6, 6.07) is 7.86. The highest BCUT2D eigenvalue weighted by Crippen LogP contribution is 2.25. The van der Waals surface area contributed by atoms with Crippen LogP contribution >= 0.6 is 0 Å². The van der Waals surface area contributed by atoms with Crippen molar-refractivity contribution in [2.24, 2.45) is 0 Å². The molecule has 5 heteroatoms. The number of rotatable bonds is 5. The third kappa shape index (κ3) is 3.85. The fourth-order valence-corrected chi connectivity index (χ4v) is 2.99. The predicted molar refractivity (Wildman–Crippen MR) is 88.6 cm³/mol. The summed E-state index contributed by atoms with van der Waals surface area (Å²) >= 11 is 0. The first-order chi connectivity index (χ1) is 11.1. The van der Waals surface area contributed by atoms with Crippen LogP contribution in [-0.2, 0) is 6.54 Å². The molecule has 0 saturated heterocycles. The van der Waals surface area contributed by atoms with Gasteiger partial charge in [0.1, 0.15) is 17.6 Å². The molecule has 1 aliphatic carbocycles. The molecule has 124 valence electrons. The highest BCUT2D eigenvalue weighted by atomic mass is 16.5. The first-order valence-electron chi connectivity index (χ1n) is 8.24. The Morgan fingerprint density at radius 3 is 2.61 bits per heavy atom. The van der Waals surface area contributed by atoms with Crippen molar-refractivity contribution in [3.63, 3.8) is 0 Å². The van der Waals surface area contributed by atoms with E-state index in [1.807, 2.05) is 38.1 Å². The van der Waals surface area contributed by atoms with Gasteiger partial charge in [-0.1, -0.05) is 11.6 Å². The van der Waals surface area contributed by atoms with Crippen molar-refractivity contribution in [2.75, 3.05) is 5.32 Å². The lowest BCUT2D eigenvalue weighted by molar-refractivity contribution is 0.00688. The van der Waals surface area contributed by atoms with E-state index in [1.54, 1.807) is 0 Å². The number of anilines is 1. The molecular weight excluding hydrogens is 292 g/mol. The van der Waals surface area contributed by atoms with E-state index in [9.17, 15) is 5.11 Å². The summed E-state index contributed by atoms with van der Waals surface area (Å²) in [5.41, 5.74) is 3.03. The minimum atomic E-state index is -0.346. The highest BCUT2D eigenvalue weighted by molar-refractivity contribution is 5.47. The molecule has 1 aromatic heterocycles.